The van der Waals surface area contributed by atoms with Gasteiger partial charge in [0.1, 0.15) is 0 Å². The van der Waals surface area contributed by atoms with Crippen molar-refractivity contribution >= 4 is 11.9 Å². The molecule has 1 atom stereocenters. The van der Waals surface area contributed by atoms with E-state index in [4.69, 9.17) is 5.11 Å². The molecule has 0 aromatic heterocycles. The molecule has 0 fully saturated rings. The van der Waals surface area contributed by atoms with Crippen LogP contribution in [-0.2, 0) is 9.59 Å². The first kappa shape index (κ1) is 14.9. The predicted molar refractivity (Wildman–Crippen MR) is 62.3 cm³/mol. The van der Waals surface area contributed by atoms with E-state index >= 15 is 0 Å². The van der Waals surface area contributed by atoms with Crippen molar-refractivity contribution in [2.45, 2.75) is 39.2 Å². The van der Waals surface area contributed by atoms with Crippen molar-refractivity contribution in [1.29, 1.82) is 0 Å². The molecule has 0 radical (unpaired) electrons. The fraction of sp³-hybridized carbons (Fsp3) is 0.818. The normalized spacial score (nSPS) is 12.5. The van der Waals surface area contributed by atoms with Crippen LogP contribution in [0.5, 0.6) is 0 Å². The second-order valence-electron chi connectivity index (χ2n) is 3.94. The summed E-state index contributed by atoms with van der Waals surface area (Å²) in [6, 6.07) is -0.208. The third-order valence-electron chi connectivity index (χ3n) is 2.49. The lowest BCUT2D eigenvalue weighted by atomic mass is 10.2. The minimum absolute atomic E-state index is 0.000301. The Balaban J connectivity index is 3.83. The monoisotopic (exact) mass is 230 g/mol. The molecule has 0 aromatic rings. The Bertz CT molecular complexity index is 231. The van der Waals surface area contributed by atoms with E-state index in [2.05, 4.69) is 5.32 Å². The van der Waals surface area contributed by atoms with Crippen molar-refractivity contribution in [1.82, 2.24) is 10.2 Å². The van der Waals surface area contributed by atoms with Gasteiger partial charge in [0.2, 0.25) is 5.91 Å². The molecule has 0 rings (SSSR count). The number of nitrogens with one attached hydrogen (secondary N) is 1. The number of rotatable bonds is 8. The number of hydrogen-bond acceptors (Lipinski definition) is 3. The van der Waals surface area contributed by atoms with Crippen LogP contribution in [-0.4, -0.2) is 48.1 Å². The van der Waals surface area contributed by atoms with Gasteiger partial charge in [-0.3, -0.25) is 14.5 Å². The summed E-state index contributed by atoms with van der Waals surface area (Å²) in [5, 5.41) is 11.3. The van der Waals surface area contributed by atoms with Crippen LogP contribution in [0.25, 0.3) is 0 Å². The largest absolute Gasteiger partial charge is 0.481 e. The van der Waals surface area contributed by atoms with Gasteiger partial charge in [-0.1, -0.05) is 6.92 Å². The third kappa shape index (κ3) is 6.40. The second kappa shape index (κ2) is 8.10. The van der Waals surface area contributed by atoms with Gasteiger partial charge in [-0.05, 0) is 33.4 Å². The van der Waals surface area contributed by atoms with Gasteiger partial charge < -0.3 is 10.4 Å². The van der Waals surface area contributed by atoms with E-state index < -0.39 is 5.97 Å². The van der Waals surface area contributed by atoms with Gasteiger partial charge in [0.15, 0.2) is 0 Å². The number of nitrogens with zero attached hydrogens (tertiary/aromatic N) is 1. The van der Waals surface area contributed by atoms with Crippen molar-refractivity contribution in [2.75, 3.05) is 20.1 Å². The number of carbonyl (C=O) groups is 2. The van der Waals surface area contributed by atoms with Gasteiger partial charge in [0.25, 0.3) is 0 Å². The summed E-state index contributed by atoms with van der Waals surface area (Å²) in [5.41, 5.74) is 0. The zero-order valence-corrected chi connectivity index (χ0v) is 10.3. The van der Waals surface area contributed by atoms with E-state index in [1.54, 1.807) is 0 Å². The van der Waals surface area contributed by atoms with Crippen LogP contribution in [0.2, 0.25) is 0 Å². The highest BCUT2D eigenvalue weighted by Crippen LogP contribution is 1.99. The van der Waals surface area contributed by atoms with Crippen molar-refractivity contribution in [2.24, 2.45) is 0 Å². The molecule has 5 nitrogen and oxygen atoms in total. The number of hydrogen-bond donors (Lipinski definition) is 2. The Labute approximate surface area is 96.8 Å². The zero-order chi connectivity index (χ0) is 12.6. The smallest absolute Gasteiger partial charge is 0.303 e. The molecule has 0 aliphatic carbocycles. The molecule has 94 valence electrons. The van der Waals surface area contributed by atoms with Crippen LogP contribution < -0.4 is 5.32 Å². The van der Waals surface area contributed by atoms with E-state index in [-0.39, 0.29) is 18.4 Å². The van der Waals surface area contributed by atoms with Crippen molar-refractivity contribution in [3.63, 3.8) is 0 Å². The Morgan fingerprint density at radius 1 is 1.44 bits per heavy atom. The van der Waals surface area contributed by atoms with E-state index in [9.17, 15) is 9.59 Å². The molecule has 0 bridgehead atoms. The van der Waals surface area contributed by atoms with E-state index in [0.717, 1.165) is 6.42 Å². The van der Waals surface area contributed by atoms with Crippen molar-refractivity contribution in [3.05, 3.63) is 0 Å². The Morgan fingerprint density at radius 3 is 2.56 bits per heavy atom. The molecular formula is C11H22N2O3. The molecule has 2 N–H and O–H groups in total. The lowest BCUT2D eigenvalue weighted by molar-refractivity contribution is -0.137. The maximum atomic E-state index is 11.6. The van der Waals surface area contributed by atoms with Gasteiger partial charge in [-0.2, -0.15) is 0 Å². The molecule has 5 heteroatoms. The zero-order valence-electron chi connectivity index (χ0n) is 10.3. The average molecular weight is 230 g/mol. The Morgan fingerprint density at radius 2 is 2.06 bits per heavy atom. The summed E-state index contributed by atoms with van der Waals surface area (Å²) in [7, 11) is 1.83. The Kier molecular flexibility index (Phi) is 7.54. The lowest BCUT2D eigenvalue weighted by Crippen LogP contribution is -2.43. The molecule has 0 heterocycles. The van der Waals surface area contributed by atoms with Crippen LogP contribution in [0.1, 0.15) is 33.1 Å². The molecule has 0 spiro atoms. The van der Waals surface area contributed by atoms with E-state index in [0.29, 0.717) is 19.5 Å². The summed E-state index contributed by atoms with van der Waals surface area (Å²) in [4.78, 5) is 23.8. The summed E-state index contributed by atoms with van der Waals surface area (Å²) in [5.74, 6) is -0.795. The number of aliphatic carboxylic acids is 1. The molecule has 0 aliphatic rings. The van der Waals surface area contributed by atoms with Gasteiger partial charge in [0, 0.05) is 13.0 Å². The van der Waals surface area contributed by atoms with Gasteiger partial charge in [-0.25, -0.2) is 0 Å². The average Bonchev–Trinajstić information content (AvgIpc) is 2.24. The maximum absolute atomic E-state index is 11.6. The summed E-state index contributed by atoms with van der Waals surface area (Å²) >= 11 is 0. The number of carboxylic acid groups (broad SMARTS) is 1. The lowest BCUT2D eigenvalue weighted by Gasteiger charge is -2.23. The number of amides is 1. The fourth-order valence-electron chi connectivity index (χ4n) is 1.27. The van der Waals surface area contributed by atoms with Gasteiger partial charge in [-0.15, -0.1) is 0 Å². The van der Waals surface area contributed by atoms with Crippen LogP contribution >= 0.6 is 0 Å². The first-order chi connectivity index (χ1) is 7.49. The van der Waals surface area contributed by atoms with E-state index in [1.807, 2.05) is 25.8 Å². The molecule has 0 saturated carbocycles. The SMILES string of the molecule is CCCNC(=O)C(C)N(C)CCCC(=O)O. The highest BCUT2D eigenvalue weighted by molar-refractivity contribution is 5.81. The number of carboxylic acids is 1. The van der Waals surface area contributed by atoms with Crippen LogP contribution in [0, 0.1) is 0 Å². The predicted octanol–water partition coefficient (Wildman–Crippen LogP) is 0.698. The highest BCUT2D eigenvalue weighted by Gasteiger charge is 2.16. The third-order valence-corrected chi connectivity index (χ3v) is 2.49. The van der Waals surface area contributed by atoms with Crippen LogP contribution in [0.15, 0.2) is 0 Å². The molecular weight excluding hydrogens is 208 g/mol. The van der Waals surface area contributed by atoms with Crippen LogP contribution in [0.4, 0.5) is 0 Å². The molecule has 0 saturated heterocycles. The quantitative estimate of drug-likeness (QED) is 0.644. The minimum Gasteiger partial charge on any atom is -0.481 e. The Hall–Kier alpha value is -1.10. The standard InChI is InChI=1S/C11H22N2O3/c1-4-7-12-11(16)9(2)13(3)8-5-6-10(14)15/h9H,4-8H2,1-3H3,(H,12,16)(H,14,15). The summed E-state index contributed by atoms with van der Waals surface area (Å²) in [6.45, 7) is 5.13. The molecule has 1 amide bonds. The van der Waals surface area contributed by atoms with Gasteiger partial charge >= 0.3 is 5.97 Å². The summed E-state index contributed by atoms with van der Waals surface area (Å²) in [6.07, 6.45) is 1.63. The highest BCUT2D eigenvalue weighted by atomic mass is 16.4. The summed E-state index contributed by atoms with van der Waals surface area (Å²) < 4.78 is 0. The fourth-order valence-corrected chi connectivity index (χ4v) is 1.27. The first-order valence-electron chi connectivity index (χ1n) is 5.68. The molecule has 16 heavy (non-hydrogen) atoms. The number of likely N-dealkylation sites (N-methyl/N-ethyl adjacent to an activating group) is 1. The van der Waals surface area contributed by atoms with E-state index in [1.165, 1.54) is 0 Å². The molecule has 0 aromatic carbocycles. The van der Waals surface area contributed by atoms with Crippen LogP contribution in [0.3, 0.4) is 0 Å². The van der Waals surface area contributed by atoms with Crippen molar-refractivity contribution in [3.8, 4) is 0 Å². The second-order valence-corrected chi connectivity index (χ2v) is 3.94. The van der Waals surface area contributed by atoms with Gasteiger partial charge in [0.05, 0.1) is 6.04 Å². The number of carbonyl (C=O) groups excluding carboxylic acids is 1. The minimum atomic E-state index is -0.795. The molecule has 1 unspecified atom stereocenters. The molecule has 0 aliphatic heterocycles. The first-order valence-corrected chi connectivity index (χ1v) is 5.68. The topological polar surface area (TPSA) is 69.6 Å². The van der Waals surface area contributed by atoms with Crippen molar-refractivity contribution < 1.29 is 14.7 Å². The maximum Gasteiger partial charge on any atom is 0.303 e.